The third-order valence-corrected chi connectivity index (χ3v) is 3.84. The average Bonchev–Trinajstić information content (AvgIpc) is 2.58. The summed E-state index contributed by atoms with van der Waals surface area (Å²) in [6.45, 7) is 5.21. The van der Waals surface area contributed by atoms with Gasteiger partial charge in [-0.25, -0.2) is 9.59 Å². The molecule has 0 saturated carbocycles. The molecule has 0 aliphatic rings. The number of unbranched alkanes of at least 4 members (excludes halogenated alkanes) is 10. The average molecular weight is 465 g/mol. The summed E-state index contributed by atoms with van der Waals surface area (Å²) in [4.78, 5) is 22.9. The zero-order valence-corrected chi connectivity index (χ0v) is 20.4. The molecule has 0 rings (SSSR count). The number of rotatable bonds is 16. The van der Waals surface area contributed by atoms with Gasteiger partial charge in [0.15, 0.2) is 0 Å². The molecule has 0 unspecified atom stereocenters. The second-order valence-corrected chi connectivity index (χ2v) is 6.20. The van der Waals surface area contributed by atoms with Crippen LogP contribution in [-0.4, -0.2) is 49.6 Å². The molecule has 0 heterocycles. The number of hydrogen-bond acceptors (Lipinski definition) is 4. The van der Waals surface area contributed by atoms with Gasteiger partial charge >= 0.3 is 36.4 Å². The van der Waals surface area contributed by atoms with Crippen molar-refractivity contribution in [3.8, 4) is 0 Å². The Bertz CT molecular complexity index is 311. The molecule has 5 heteroatoms. The van der Waals surface area contributed by atoms with E-state index in [1.807, 2.05) is 0 Å². The second kappa shape index (κ2) is 21.5. The van der Waals surface area contributed by atoms with Crippen molar-refractivity contribution in [1.29, 1.82) is 0 Å². The molecule has 0 aromatic carbocycles. The van der Waals surface area contributed by atoms with E-state index in [9.17, 15) is 9.59 Å². The van der Waals surface area contributed by atoms with Gasteiger partial charge in [-0.15, -0.1) is 0 Å². The maximum atomic E-state index is 11.4. The van der Waals surface area contributed by atoms with E-state index in [4.69, 9.17) is 9.47 Å². The Balaban J connectivity index is 0. The molecule has 0 aromatic rings. The van der Waals surface area contributed by atoms with Crippen molar-refractivity contribution in [3.63, 3.8) is 0 Å². The predicted molar refractivity (Wildman–Crippen MR) is 108 cm³/mol. The summed E-state index contributed by atoms with van der Waals surface area (Å²) in [6.07, 6.45) is 16.1. The molecule has 25 heavy (non-hydrogen) atoms. The summed E-state index contributed by atoms with van der Waals surface area (Å²) in [6, 6.07) is 0. The zero-order chi connectivity index (χ0) is 17.9. The Morgan fingerprint density at radius 3 is 1.28 bits per heavy atom. The zero-order valence-electron chi connectivity index (χ0n) is 16.4. The van der Waals surface area contributed by atoms with Gasteiger partial charge in [0, 0.05) is 12.2 Å². The van der Waals surface area contributed by atoms with Crippen LogP contribution >= 0.6 is 0 Å². The monoisotopic (exact) mass is 464 g/mol. The van der Waals surface area contributed by atoms with Gasteiger partial charge in [0.1, 0.15) is 0 Å². The van der Waals surface area contributed by atoms with Gasteiger partial charge < -0.3 is 9.47 Å². The first-order chi connectivity index (χ1) is 11.7. The first kappa shape index (κ1) is 26.7. The van der Waals surface area contributed by atoms with Gasteiger partial charge in [-0.05, 0) is 12.8 Å². The van der Waals surface area contributed by atoms with Crippen LogP contribution in [0.4, 0.5) is 0 Å². The van der Waals surface area contributed by atoms with Crippen LogP contribution in [0.2, 0.25) is 0 Å². The van der Waals surface area contributed by atoms with Gasteiger partial charge in [0.2, 0.25) is 0 Å². The molecule has 4 nitrogen and oxygen atoms in total. The van der Waals surface area contributed by atoms with E-state index in [0.29, 0.717) is 13.2 Å². The molecule has 0 atom stereocenters. The van der Waals surface area contributed by atoms with Crippen molar-refractivity contribution in [1.82, 2.24) is 0 Å². The van der Waals surface area contributed by atoms with Crippen LogP contribution in [0.15, 0.2) is 12.2 Å². The fraction of sp³-hybridized carbons (Fsp3) is 0.800. The molecule has 0 saturated heterocycles. The van der Waals surface area contributed by atoms with Crippen molar-refractivity contribution in [2.75, 3.05) is 13.2 Å². The molecule has 0 aliphatic heterocycles. The van der Waals surface area contributed by atoms with Crippen LogP contribution in [0.5, 0.6) is 0 Å². The van der Waals surface area contributed by atoms with Crippen molar-refractivity contribution < 1.29 is 19.1 Å². The van der Waals surface area contributed by atoms with Crippen LogP contribution in [0.3, 0.4) is 0 Å². The first-order valence-electron chi connectivity index (χ1n) is 9.72. The Labute approximate surface area is 171 Å². The molecule has 0 radical (unpaired) electrons. The van der Waals surface area contributed by atoms with Crippen molar-refractivity contribution >= 4 is 36.4 Å². The van der Waals surface area contributed by atoms with Crippen molar-refractivity contribution in [2.24, 2.45) is 0 Å². The van der Waals surface area contributed by atoms with Gasteiger partial charge in [0.25, 0.3) is 0 Å². The Hall–Kier alpha value is -0.502. The minimum absolute atomic E-state index is 0. The van der Waals surface area contributed by atoms with Gasteiger partial charge in [-0.3, -0.25) is 0 Å². The summed E-state index contributed by atoms with van der Waals surface area (Å²) in [5.41, 5.74) is 0. The third kappa shape index (κ3) is 21.5. The molecule has 148 valence electrons. The van der Waals surface area contributed by atoms with Crippen molar-refractivity contribution in [3.05, 3.63) is 12.2 Å². The van der Waals surface area contributed by atoms with Crippen LogP contribution < -0.4 is 0 Å². The number of ether oxygens (including phenoxy) is 2. The number of esters is 2. The summed E-state index contributed by atoms with van der Waals surface area (Å²) >= 11 is 0. The number of hydrogen-bond donors (Lipinski definition) is 0. The van der Waals surface area contributed by atoms with Crippen molar-refractivity contribution in [2.45, 2.75) is 90.9 Å². The third-order valence-electron chi connectivity index (χ3n) is 3.84. The van der Waals surface area contributed by atoms with Crippen LogP contribution in [-0.2, 0) is 19.1 Å². The molecule has 0 bridgehead atoms. The molecule has 0 N–H and O–H groups in total. The maximum absolute atomic E-state index is 11.4. The van der Waals surface area contributed by atoms with E-state index in [-0.39, 0.29) is 24.4 Å². The first-order valence-corrected chi connectivity index (χ1v) is 9.72. The minimum atomic E-state index is -0.472. The fourth-order valence-electron chi connectivity index (χ4n) is 2.34. The molecule has 0 aliphatic carbocycles. The Morgan fingerprint density at radius 1 is 0.600 bits per heavy atom. The van der Waals surface area contributed by atoms with E-state index in [1.54, 1.807) is 0 Å². The SMILES string of the molecule is CCCCCCCCOC(=O)/C=C\C(=O)OCCCCCCCC.[SbH3]. The number of carbonyl (C=O) groups excluding carboxylic acids is 2. The normalized spacial score (nSPS) is 10.5. The van der Waals surface area contributed by atoms with Crippen LogP contribution in [0, 0.1) is 0 Å². The summed E-state index contributed by atoms with van der Waals surface area (Å²) in [5, 5.41) is 0. The second-order valence-electron chi connectivity index (χ2n) is 6.20. The molecule has 0 fully saturated rings. The van der Waals surface area contributed by atoms with E-state index < -0.39 is 11.9 Å². The Kier molecular flexibility index (Phi) is 23.0. The van der Waals surface area contributed by atoms with Gasteiger partial charge in [0.05, 0.1) is 13.2 Å². The number of carbonyl (C=O) groups is 2. The summed E-state index contributed by atoms with van der Waals surface area (Å²) in [5.74, 6) is -0.944. The standard InChI is InChI=1S/C20H36O4.Sb.3H/c1-3-5-7-9-11-13-17-23-19(21)15-16-20(22)24-18-14-12-10-8-6-4-2;;;;/h15-16H,3-14,17-18H2,1-2H3;;;;/b16-15-;;;;. The summed E-state index contributed by atoms with van der Waals surface area (Å²) < 4.78 is 10.1. The topological polar surface area (TPSA) is 52.6 Å². The Morgan fingerprint density at radius 2 is 0.920 bits per heavy atom. The fourth-order valence-corrected chi connectivity index (χ4v) is 2.34. The van der Waals surface area contributed by atoms with E-state index >= 15 is 0 Å². The predicted octanol–water partition coefficient (Wildman–Crippen LogP) is 4.17. The van der Waals surface area contributed by atoms with E-state index in [2.05, 4.69) is 13.8 Å². The van der Waals surface area contributed by atoms with Crippen LogP contribution in [0.25, 0.3) is 0 Å². The summed E-state index contributed by atoms with van der Waals surface area (Å²) in [7, 11) is 0. The van der Waals surface area contributed by atoms with Gasteiger partial charge in [-0.1, -0.05) is 78.1 Å². The van der Waals surface area contributed by atoms with Gasteiger partial charge in [-0.2, -0.15) is 0 Å². The quantitative estimate of drug-likeness (QED) is 0.149. The molecule has 0 amide bonds. The molecular formula is C20H39O4Sb. The van der Waals surface area contributed by atoms with E-state index in [1.165, 1.54) is 51.4 Å². The van der Waals surface area contributed by atoms with E-state index in [0.717, 1.165) is 37.8 Å². The molecular weight excluding hydrogens is 426 g/mol. The molecule has 0 spiro atoms. The molecule has 0 aromatic heterocycles. The van der Waals surface area contributed by atoms with Crippen LogP contribution in [0.1, 0.15) is 90.9 Å².